The smallest absolute Gasteiger partial charge is 0.173 e. The lowest BCUT2D eigenvalue weighted by Crippen LogP contribution is -2.43. The van der Waals surface area contributed by atoms with Crippen molar-refractivity contribution in [1.82, 2.24) is 5.32 Å². The molecule has 1 fully saturated rings. The van der Waals surface area contributed by atoms with Gasteiger partial charge in [0.05, 0.1) is 12.4 Å². The Morgan fingerprint density at radius 3 is 2.86 bits per heavy atom. The molecule has 1 saturated heterocycles. The van der Waals surface area contributed by atoms with E-state index < -0.39 is 9.84 Å². The predicted octanol–water partition coefficient (Wildman–Crippen LogP) is 0.0657. The Hall–Kier alpha value is -0.390. The Labute approximate surface area is 84.2 Å². The maximum absolute atomic E-state index is 11.1. The van der Waals surface area contributed by atoms with Gasteiger partial charge in [-0.05, 0) is 12.8 Å². The molecule has 4 nitrogen and oxygen atoms in total. The van der Waals surface area contributed by atoms with Gasteiger partial charge < -0.3 is 10.1 Å². The highest BCUT2D eigenvalue weighted by Gasteiger charge is 2.24. The second kappa shape index (κ2) is 4.00. The second-order valence-electron chi connectivity index (χ2n) is 3.85. The Morgan fingerprint density at radius 2 is 2.29 bits per heavy atom. The van der Waals surface area contributed by atoms with E-state index in [9.17, 15) is 8.42 Å². The molecule has 5 heteroatoms. The van der Waals surface area contributed by atoms with Crippen LogP contribution in [0.15, 0.2) is 11.5 Å². The Kier molecular flexibility index (Phi) is 2.90. The van der Waals surface area contributed by atoms with Gasteiger partial charge in [-0.25, -0.2) is 8.42 Å². The van der Waals surface area contributed by atoms with Gasteiger partial charge in [-0.15, -0.1) is 0 Å². The average Bonchev–Trinajstić information content (AvgIpc) is 2.47. The highest BCUT2D eigenvalue weighted by Crippen LogP contribution is 2.12. The summed E-state index contributed by atoms with van der Waals surface area (Å²) in [6.07, 6.45) is 3.86. The van der Waals surface area contributed by atoms with Crippen LogP contribution in [0.3, 0.4) is 0 Å². The van der Waals surface area contributed by atoms with Gasteiger partial charge in [0, 0.05) is 24.1 Å². The Balaban J connectivity index is 1.84. The largest absolute Gasteiger partial charge is 0.380 e. The van der Waals surface area contributed by atoms with E-state index in [1.54, 1.807) is 6.08 Å². The summed E-state index contributed by atoms with van der Waals surface area (Å²) < 4.78 is 27.6. The Morgan fingerprint density at radius 1 is 1.43 bits per heavy atom. The van der Waals surface area contributed by atoms with E-state index in [2.05, 4.69) is 5.32 Å². The number of sulfone groups is 1. The first-order valence-corrected chi connectivity index (χ1v) is 6.62. The maximum Gasteiger partial charge on any atom is 0.173 e. The van der Waals surface area contributed by atoms with Gasteiger partial charge in [0.15, 0.2) is 9.84 Å². The molecular formula is C9H15NO3S. The fourth-order valence-corrected chi connectivity index (χ4v) is 3.10. The lowest BCUT2D eigenvalue weighted by Gasteiger charge is -2.25. The monoisotopic (exact) mass is 217 g/mol. The standard InChI is InChI=1S/C9H15NO3S/c11-14(12)5-3-9(7-14)10-8-2-1-4-13-6-8/h3,5,8-10H,1-2,4,6-7H2. The fraction of sp³-hybridized carbons (Fsp3) is 0.778. The van der Waals surface area contributed by atoms with E-state index in [4.69, 9.17) is 4.74 Å². The van der Waals surface area contributed by atoms with Crippen molar-refractivity contribution in [3.8, 4) is 0 Å². The number of rotatable bonds is 2. The normalized spacial score (nSPS) is 36.0. The van der Waals surface area contributed by atoms with Crippen LogP contribution < -0.4 is 5.32 Å². The van der Waals surface area contributed by atoms with E-state index in [1.165, 1.54) is 5.41 Å². The minimum atomic E-state index is -2.93. The number of hydrogen-bond donors (Lipinski definition) is 1. The highest BCUT2D eigenvalue weighted by atomic mass is 32.2. The molecule has 0 aromatic rings. The molecule has 2 heterocycles. The summed E-state index contributed by atoms with van der Waals surface area (Å²) in [7, 11) is -2.93. The van der Waals surface area contributed by atoms with Crippen molar-refractivity contribution in [3.05, 3.63) is 11.5 Å². The van der Waals surface area contributed by atoms with E-state index >= 15 is 0 Å². The Bertz CT molecular complexity index is 317. The van der Waals surface area contributed by atoms with Crippen LogP contribution in [0.4, 0.5) is 0 Å². The molecule has 0 spiro atoms. The number of ether oxygens (including phenoxy) is 1. The van der Waals surface area contributed by atoms with Crippen LogP contribution in [0, 0.1) is 0 Å². The molecule has 0 bridgehead atoms. The van der Waals surface area contributed by atoms with Crippen molar-refractivity contribution in [3.63, 3.8) is 0 Å². The lowest BCUT2D eigenvalue weighted by atomic mass is 10.1. The molecule has 0 radical (unpaired) electrons. The zero-order chi connectivity index (χ0) is 10.0. The highest BCUT2D eigenvalue weighted by molar-refractivity contribution is 7.94. The number of hydrogen-bond acceptors (Lipinski definition) is 4. The van der Waals surface area contributed by atoms with Crippen LogP contribution >= 0.6 is 0 Å². The summed E-state index contributed by atoms with van der Waals surface area (Å²) in [5.74, 6) is 0.198. The summed E-state index contributed by atoms with van der Waals surface area (Å²) in [6, 6.07) is 0.290. The molecule has 0 saturated carbocycles. The van der Waals surface area contributed by atoms with E-state index in [0.717, 1.165) is 19.4 Å². The molecule has 2 rings (SSSR count). The molecule has 0 aliphatic carbocycles. The SMILES string of the molecule is O=S1(=O)C=CC(NC2CCCOC2)C1. The summed E-state index contributed by atoms with van der Waals surface area (Å²) in [4.78, 5) is 0. The molecule has 0 aromatic carbocycles. The van der Waals surface area contributed by atoms with Crippen LogP contribution in [-0.4, -0.2) is 39.5 Å². The van der Waals surface area contributed by atoms with E-state index in [0.29, 0.717) is 12.6 Å². The number of nitrogens with one attached hydrogen (secondary N) is 1. The summed E-state index contributed by atoms with van der Waals surface area (Å²) in [6.45, 7) is 1.53. The summed E-state index contributed by atoms with van der Waals surface area (Å²) >= 11 is 0. The van der Waals surface area contributed by atoms with Gasteiger partial charge in [-0.3, -0.25) is 0 Å². The molecule has 2 unspecified atom stereocenters. The zero-order valence-corrected chi connectivity index (χ0v) is 8.79. The van der Waals surface area contributed by atoms with Crippen LogP contribution in [-0.2, 0) is 14.6 Å². The van der Waals surface area contributed by atoms with Gasteiger partial charge in [0.25, 0.3) is 0 Å². The maximum atomic E-state index is 11.1. The summed E-state index contributed by atoms with van der Waals surface area (Å²) in [5, 5.41) is 4.58. The van der Waals surface area contributed by atoms with Gasteiger partial charge in [-0.1, -0.05) is 6.08 Å². The first-order valence-electron chi connectivity index (χ1n) is 4.90. The molecule has 0 aromatic heterocycles. The quantitative estimate of drug-likeness (QED) is 0.711. The molecule has 0 amide bonds. The van der Waals surface area contributed by atoms with Crippen molar-refractivity contribution < 1.29 is 13.2 Å². The van der Waals surface area contributed by atoms with Crippen molar-refractivity contribution in [1.29, 1.82) is 0 Å². The van der Waals surface area contributed by atoms with Crippen LogP contribution in [0.25, 0.3) is 0 Å². The van der Waals surface area contributed by atoms with E-state index in [1.807, 2.05) is 0 Å². The predicted molar refractivity (Wildman–Crippen MR) is 53.7 cm³/mol. The minimum Gasteiger partial charge on any atom is -0.380 e. The third-order valence-electron chi connectivity index (χ3n) is 2.54. The van der Waals surface area contributed by atoms with Crippen LogP contribution in [0.2, 0.25) is 0 Å². The van der Waals surface area contributed by atoms with Crippen molar-refractivity contribution in [2.75, 3.05) is 19.0 Å². The van der Waals surface area contributed by atoms with Crippen LogP contribution in [0.5, 0.6) is 0 Å². The molecule has 80 valence electrons. The zero-order valence-electron chi connectivity index (χ0n) is 7.98. The fourth-order valence-electron chi connectivity index (χ4n) is 1.85. The first kappa shape index (κ1) is 10.1. The molecule has 2 aliphatic rings. The van der Waals surface area contributed by atoms with Crippen molar-refractivity contribution >= 4 is 9.84 Å². The third-order valence-corrected chi connectivity index (χ3v) is 3.94. The molecular weight excluding hydrogens is 202 g/mol. The summed E-state index contributed by atoms with van der Waals surface area (Å²) in [5.41, 5.74) is 0. The van der Waals surface area contributed by atoms with Gasteiger partial charge in [0.2, 0.25) is 0 Å². The molecule has 2 atom stereocenters. The lowest BCUT2D eigenvalue weighted by molar-refractivity contribution is 0.0690. The van der Waals surface area contributed by atoms with E-state index in [-0.39, 0.29) is 11.8 Å². The van der Waals surface area contributed by atoms with Gasteiger partial charge in [-0.2, -0.15) is 0 Å². The average molecular weight is 217 g/mol. The second-order valence-corrected chi connectivity index (χ2v) is 5.78. The van der Waals surface area contributed by atoms with Crippen molar-refractivity contribution in [2.24, 2.45) is 0 Å². The van der Waals surface area contributed by atoms with Gasteiger partial charge in [0.1, 0.15) is 0 Å². The van der Waals surface area contributed by atoms with Crippen molar-refractivity contribution in [2.45, 2.75) is 24.9 Å². The third kappa shape index (κ3) is 2.56. The molecule has 14 heavy (non-hydrogen) atoms. The van der Waals surface area contributed by atoms with Gasteiger partial charge >= 0.3 is 0 Å². The molecule has 2 aliphatic heterocycles. The topological polar surface area (TPSA) is 55.4 Å². The van der Waals surface area contributed by atoms with Crippen LogP contribution in [0.1, 0.15) is 12.8 Å². The first-order chi connectivity index (χ1) is 6.66. The minimum absolute atomic E-state index is 0.0216. The molecule has 1 N–H and O–H groups in total.